The molecule has 0 saturated heterocycles. The van der Waals surface area contributed by atoms with E-state index in [1.165, 1.54) is 0 Å². The van der Waals surface area contributed by atoms with Gasteiger partial charge in [0.1, 0.15) is 10.4 Å². The van der Waals surface area contributed by atoms with Crippen molar-refractivity contribution < 1.29 is 4.74 Å². The maximum absolute atomic E-state index is 5.13. The smallest absolute Gasteiger partial charge is 0.182 e. The third kappa shape index (κ3) is 1.86. The van der Waals surface area contributed by atoms with Crippen LogP contribution in [0.4, 0.5) is 0 Å². The van der Waals surface area contributed by atoms with Crippen LogP contribution in [0, 0.1) is 0 Å². The van der Waals surface area contributed by atoms with Crippen LogP contribution in [0.2, 0.25) is 0 Å². The summed E-state index contributed by atoms with van der Waals surface area (Å²) in [5.41, 5.74) is 1.78. The standard InChI is InChI=1S/C13H10BrN3O/c1-18-10-7-5-9(6-8-10)13-15-12-4-2-3-11(14)17(12)16-13/h2-8H,1H3. The topological polar surface area (TPSA) is 39.4 Å². The van der Waals surface area contributed by atoms with Gasteiger partial charge in [-0.05, 0) is 52.3 Å². The first-order valence-corrected chi connectivity index (χ1v) is 6.23. The summed E-state index contributed by atoms with van der Waals surface area (Å²) in [4.78, 5) is 4.48. The van der Waals surface area contributed by atoms with E-state index in [4.69, 9.17) is 4.74 Å². The zero-order valence-corrected chi connectivity index (χ0v) is 11.3. The summed E-state index contributed by atoms with van der Waals surface area (Å²) in [6.07, 6.45) is 0. The van der Waals surface area contributed by atoms with E-state index < -0.39 is 0 Å². The van der Waals surface area contributed by atoms with Crippen LogP contribution >= 0.6 is 15.9 Å². The van der Waals surface area contributed by atoms with Crippen molar-refractivity contribution in [2.75, 3.05) is 7.11 Å². The second kappa shape index (κ2) is 4.42. The monoisotopic (exact) mass is 303 g/mol. The fourth-order valence-electron chi connectivity index (χ4n) is 1.74. The Morgan fingerprint density at radius 3 is 2.56 bits per heavy atom. The van der Waals surface area contributed by atoms with E-state index in [-0.39, 0.29) is 0 Å². The van der Waals surface area contributed by atoms with Crippen LogP contribution in [0.1, 0.15) is 0 Å². The Hall–Kier alpha value is -1.88. The molecular weight excluding hydrogens is 294 g/mol. The van der Waals surface area contributed by atoms with Gasteiger partial charge in [0.05, 0.1) is 7.11 Å². The number of hydrogen-bond acceptors (Lipinski definition) is 3. The van der Waals surface area contributed by atoms with Crippen LogP contribution in [0.25, 0.3) is 17.0 Å². The molecule has 4 nitrogen and oxygen atoms in total. The quantitative estimate of drug-likeness (QED) is 0.683. The fraction of sp³-hybridized carbons (Fsp3) is 0.0769. The number of rotatable bonds is 2. The van der Waals surface area contributed by atoms with Crippen molar-refractivity contribution in [3.05, 3.63) is 47.1 Å². The molecule has 2 heterocycles. The minimum atomic E-state index is 0.699. The molecule has 0 radical (unpaired) electrons. The summed E-state index contributed by atoms with van der Waals surface area (Å²) in [6.45, 7) is 0. The van der Waals surface area contributed by atoms with Crippen molar-refractivity contribution in [3.63, 3.8) is 0 Å². The predicted molar refractivity (Wildman–Crippen MR) is 72.7 cm³/mol. The zero-order chi connectivity index (χ0) is 12.5. The molecule has 5 heteroatoms. The molecule has 0 unspecified atom stereocenters. The van der Waals surface area contributed by atoms with E-state index in [1.807, 2.05) is 42.5 Å². The number of nitrogens with zero attached hydrogens (tertiary/aromatic N) is 3. The lowest BCUT2D eigenvalue weighted by molar-refractivity contribution is 0.415. The van der Waals surface area contributed by atoms with E-state index in [0.717, 1.165) is 21.6 Å². The van der Waals surface area contributed by atoms with Gasteiger partial charge >= 0.3 is 0 Å². The highest BCUT2D eigenvalue weighted by atomic mass is 79.9. The molecule has 3 aromatic rings. The first-order chi connectivity index (χ1) is 8.78. The number of hydrogen-bond donors (Lipinski definition) is 0. The van der Waals surface area contributed by atoms with E-state index in [0.29, 0.717) is 5.82 Å². The Balaban J connectivity index is 2.10. The van der Waals surface area contributed by atoms with Gasteiger partial charge in [-0.2, -0.15) is 0 Å². The average Bonchev–Trinajstić information content (AvgIpc) is 2.84. The number of ether oxygens (including phenoxy) is 1. The number of aromatic nitrogens is 3. The summed E-state index contributed by atoms with van der Waals surface area (Å²) < 4.78 is 7.77. The summed E-state index contributed by atoms with van der Waals surface area (Å²) in [5, 5.41) is 4.46. The second-order valence-electron chi connectivity index (χ2n) is 3.78. The lowest BCUT2D eigenvalue weighted by atomic mass is 10.2. The molecule has 0 aliphatic heterocycles. The van der Waals surface area contributed by atoms with Gasteiger partial charge < -0.3 is 4.74 Å². The molecule has 0 aliphatic carbocycles. The first kappa shape index (κ1) is 11.2. The summed E-state index contributed by atoms with van der Waals surface area (Å²) >= 11 is 3.45. The normalized spacial score (nSPS) is 10.8. The highest BCUT2D eigenvalue weighted by Crippen LogP contribution is 2.21. The van der Waals surface area contributed by atoms with E-state index >= 15 is 0 Å². The van der Waals surface area contributed by atoms with E-state index in [1.54, 1.807) is 11.6 Å². The van der Waals surface area contributed by atoms with Crippen molar-refractivity contribution in [1.29, 1.82) is 0 Å². The van der Waals surface area contributed by atoms with Crippen molar-refractivity contribution in [2.45, 2.75) is 0 Å². The molecule has 0 saturated carbocycles. The summed E-state index contributed by atoms with van der Waals surface area (Å²) in [6, 6.07) is 13.5. The van der Waals surface area contributed by atoms with Crippen LogP contribution in [-0.4, -0.2) is 21.7 Å². The minimum absolute atomic E-state index is 0.699. The van der Waals surface area contributed by atoms with Crippen molar-refractivity contribution in [3.8, 4) is 17.1 Å². The number of benzene rings is 1. The molecule has 0 N–H and O–H groups in total. The highest BCUT2D eigenvalue weighted by molar-refractivity contribution is 9.10. The van der Waals surface area contributed by atoms with Crippen LogP contribution in [-0.2, 0) is 0 Å². The first-order valence-electron chi connectivity index (χ1n) is 5.43. The predicted octanol–water partition coefficient (Wildman–Crippen LogP) is 3.17. The van der Waals surface area contributed by atoms with Gasteiger partial charge in [-0.3, -0.25) is 0 Å². The van der Waals surface area contributed by atoms with Gasteiger partial charge in [0.15, 0.2) is 11.5 Å². The highest BCUT2D eigenvalue weighted by Gasteiger charge is 2.07. The molecule has 0 atom stereocenters. The second-order valence-corrected chi connectivity index (χ2v) is 4.59. The maximum Gasteiger partial charge on any atom is 0.182 e. The summed E-state index contributed by atoms with van der Waals surface area (Å²) in [5.74, 6) is 1.52. The SMILES string of the molecule is COc1ccc(-c2nc3cccc(Br)n3n2)cc1. The van der Waals surface area contributed by atoms with Gasteiger partial charge in [-0.15, -0.1) is 5.10 Å². The largest absolute Gasteiger partial charge is 0.497 e. The molecular formula is C13H10BrN3O. The molecule has 90 valence electrons. The number of methoxy groups -OCH3 is 1. The Morgan fingerprint density at radius 1 is 1.11 bits per heavy atom. The lowest BCUT2D eigenvalue weighted by Crippen LogP contribution is -1.88. The minimum Gasteiger partial charge on any atom is -0.497 e. The zero-order valence-electron chi connectivity index (χ0n) is 9.67. The van der Waals surface area contributed by atoms with Crippen molar-refractivity contribution in [1.82, 2.24) is 14.6 Å². The van der Waals surface area contributed by atoms with Crippen LogP contribution in [0.3, 0.4) is 0 Å². The van der Waals surface area contributed by atoms with Crippen molar-refractivity contribution in [2.24, 2.45) is 0 Å². The summed E-state index contributed by atoms with van der Waals surface area (Å²) in [7, 11) is 1.65. The van der Waals surface area contributed by atoms with E-state index in [2.05, 4.69) is 26.0 Å². The molecule has 18 heavy (non-hydrogen) atoms. The maximum atomic E-state index is 5.13. The van der Waals surface area contributed by atoms with Gasteiger partial charge in [0.2, 0.25) is 0 Å². The molecule has 0 amide bonds. The lowest BCUT2D eigenvalue weighted by Gasteiger charge is -1.99. The average molecular weight is 304 g/mol. The Labute approximate surface area is 112 Å². The van der Waals surface area contributed by atoms with E-state index in [9.17, 15) is 0 Å². The van der Waals surface area contributed by atoms with Crippen molar-refractivity contribution >= 4 is 21.6 Å². The molecule has 0 spiro atoms. The number of pyridine rings is 1. The molecule has 2 aromatic heterocycles. The number of fused-ring (bicyclic) bond motifs is 1. The molecule has 0 aliphatic rings. The van der Waals surface area contributed by atoms with Crippen LogP contribution < -0.4 is 4.74 Å². The fourth-order valence-corrected chi connectivity index (χ4v) is 2.15. The van der Waals surface area contributed by atoms with Gasteiger partial charge in [0, 0.05) is 5.56 Å². The third-order valence-electron chi connectivity index (χ3n) is 2.66. The molecule has 0 fully saturated rings. The number of halogens is 1. The Morgan fingerprint density at radius 2 is 1.89 bits per heavy atom. The molecule has 0 bridgehead atoms. The molecule has 3 rings (SSSR count). The van der Waals surface area contributed by atoms with Gasteiger partial charge in [0.25, 0.3) is 0 Å². The van der Waals surface area contributed by atoms with Gasteiger partial charge in [-0.25, -0.2) is 9.50 Å². The van der Waals surface area contributed by atoms with Crippen LogP contribution in [0.15, 0.2) is 47.1 Å². The molecule has 1 aromatic carbocycles. The van der Waals surface area contributed by atoms with Crippen LogP contribution in [0.5, 0.6) is 5.75 Å². The Bertz CT molecular complexity index is 691. The van der Waals surface area contributed by atoms with Gasteiger partial charge in [-0.1, -0.05) is 6.07 Å². The third-order valence-corrected chi connectivity index (χ3v) is 3.26. The Kier molecular flexibility index (Phi) is 2.76.